The average Bonchev–Trinajstić information content (AvgIpc) is 2.52. The van der Waals surface area contributed by atoms with E-state index in [0.717, 1.165) is 0 Å². The van der Waals surface area contributed by atoms with Crippen molar-refractivity contribution in [3.05, 3.63) is 68.3 Å². The lowest BCUT2D eigenvalue weighted by Crippen LogP contribution is -2.33. The van der Waals surface area contributed by atoms with Crippen LogP contribution in [0, 0.1) is 3.57 Å². The SMILES string of the molecule is CC(=Cc1ccc2c(c1)C(C)(C)CCC2(C)C)c1ccc(I)cc1. The molecule has 0 saturated carbocycles. The maximum atomic E-state index is 2.42. The molecule has 3 rings (SSSR count). The maximum absolute atomic E-state index is 2.42. The van der Waals surface area contributed by atoms with Crippen molar-refractivity contribution in [1.29, 1.82) is 0 Å². The first-order chi connectivity index (χ1) is 11.2. The number of halogens is 1. The fraction of sp³-hybridized carbons (Fsp3) is 0.391. The second-order valence-electron chi connectivity index (χ2n) is 8.41. The van der Waals surface area contributed by atoms with Crippen LogP contribution < -0.4 is 0 Å². The Balaban J connectivity index is 2.02. The van der Waals surface area contributed by atoms with E-state index >= 15 is 0 Å². The van der Waals surface area contributed by atoms with Gasteiger partial charge >= 0.3 is 0 Å². The zero-order valence-electron chi connectivity index (χ0n) is 15.4. The van der Waals surface area contributed by atoms with Crippen LogP contribution in [-0.4, -0.2) is 0 Å². The molecule has 0 nitrogen and oxygen atoms in total. The van der Waals surface area contributed by atoms with Crippen molar-refractivity contribution in [2.75, 3.05) is 0 Å². The van der Waals surface area contributed by atoms with Gasteiger partial charge in [0.05, 0.1) is 0 Å². The number of fused-ring (bicyclic) bond motifs is 1. The molecule has 0 aromatic heterocycles. The van der Waals surface area contributed by atoms with Crippen LogP contribution in [0.2, 0.25) is 0 Å². The monoisotopic (exact) mass is 430 g/mol. The summed E-state index contributed by atoms with van der Waals surface area (Å²) in [6.07, 6.45) is 4.85. The van der Waals surface area contributed by atoms with Crippen molar-refractivity contribution >= 4 is 34.2 Å². The standard InChI is InChI=1S/C23H27I/c1-16(18-7-9-19(24)10-8-18)14-17-6-11-20-21(15-17)23(4,5)13-12-22(20,2)3/h6-11,14-15H,12-13H2,1-5H3. The highest BCUT2D eigenvalue weighted by molar-refractivity contribution is 14.1. The molecule has 1 aliphatic carbocycles. The van der Waals surface area contributed by atoms with E-state index in [4.69, 9.17) is 0 Å². The zero-order valence-corrected chi connectivity index (χ0v) is 17.6. The zero-order chi connectivity index (χ0) is 17.5. The minimum Gasteiger partial charge on any atom is -0.0576 e. The van der Waals surface area contributed by atoms with Crippen LogP contribution in [0.25, 0.3) is 11.6 Å². The van der Waals surface area contributed by atoms with Crippen molar-refractivity contribution in [3.8, 4) is 0 Å². The number of hydrogen-bond acceptors (Lipinski definition) is 0. The molecule has 0 atom stereocenters. The fourth-order valence-electron chi connectivity index (χ4n) is 3.74. The lowest BCUT2D eigenvalue weighted by atomic mass is 9.63. The summed E-state index contributed by atoms with van der Waals surface area (Å²) in [5, 5.41) is 0. The first kappa shape index (κ1) is 17.7. The van der Waals surface area contributed by atoms with E-state index in [1.165, 1.54) is 44.2 Å². The predicted octanol–water partition coefficient (Wildman–Crippen LogP) is 7.20. The summed E-state index contributed by atoms with van der Waals surface area (Å²) in [5.41, 5.74) is 7.55. The second-order valence-corrected chi connectivity index (χ2v) is 9.65. The van der Waals surface area contributed by atoms with Gasteiger partial charge in [-0.15, -0.1) is 0 Å². The van der Waals surface area contributed by atoms with E-state index in [2.05, 4.69) is 106 Å². The summed E-state index contributed by atoms with van der Waals surface area (Å²) in [5.74, 6) is 0. The Morgan fingerprint density at radius 1 is 0.875 bits per heavy atom. The van der Waals surface area contributed by atoms with Crippen molar-refractivity contribution in [1.82, 2.24) is 0 Å². The molecule has 0 N–H and O–H groups in total. The smallest absolute Gasteiger partial charge is 0.0130 e. The van der Waals surface area contributed by atoms with Crippen molar-refractivity contribution in [2.45, 2.75) is 58.3 Å². The molecule has 24 heavy (non-hydrogen) atoms. The molecule has 0 bridgehead atoms. The second kappa shape index (κ2) is 6.33. The summed E-state index contributed by atoms with van der Waals surface area (Å²) < 4.78 is 1.28. The van der Waals surface area contributed by atoms with Gasteiger partial charge in [-0.2, -0.15) is 0 Å². The van der Waals surface area contributed by atoms with Gasteiger partial charge in [0.15, 0.2) is 0 Å². The Morgan fingerprint density at radius 3 is 2.08 bits per heavy atom. The van der Waals surface area contributed by atoms with Crippen LogP contribution >= 0.6 is 22.6 Å². The molecule has 2 aromatic rings. The van der Waals surface area contributed by atoms with E-state index in [1.807, 2.05) is 0 Å². The molecule has 0 spiro atoms. The average molecular weight is 430 g/mol. The van der Waals surface area contributed by atoms with E-state index in [-0.39, 0.29) is 10.8 Å². The van der Waals surface area contributed by atoms with Gasteiger partial charge < -0.3 is 0 Å². The normalized spacial score (nSPS) is 19.0. The molecule has 0 amide bonds. The largest absolute Gasteiger partial charge is 0.0576 e. The highest BCUT2D eigenvalue weighted by Gasteiger charge is 2.36. The molecule has 0 fully saturated rings. The summed E-state index contributed by atoms with van der Waals surface area (Å²) in [7, 11) is 0. The Labute approximate surface area is 160 Å². The minimum absolute atomic E-state index is 0.269. The van der Waals surface area contributed by atoms with Gasteiger partial charge in [0.25, 0.3) is 0 Å². The van der Waals surface area contributed by atoms with Crippen molar-refractivity contribution in [3.63, 3.8) is 0 Å². The lowest BCUT2D eigenvalue weighted by molar-refractivity contribution is 0.332. The first-order valence-electron chi connectivity index (χ1n) is 8.78. The van der Waals surface area contributed by atoms with Crippen LogP contribution in [0.5, 0.6) is 0 Å². The summed E-state index contributed by atoms with van der Waals surface area (Å²) >= 11 is 2.35. The molecule has 0 saturated heterocycles. The van der Waals surface area contributed by atoms with Crippen molar-refractivity contribution in [2.24, 2.45) is 0 Å². The number of allylic oxidation sites excluding steroid dienone is 1. The summed E-state index contributed by atoms with van der Waals surface area (Å²) in [4.78, 5) is 0. The first-order valence-corrected chi connectivity index (χ1v) is 9.86. The predicted molar refractivity (Wildman–Crippen MR) is 114 cm³/mol. The van der Waals surface area contributed by atoms with Gasteiger partial charge in [-0.1, -0.05) is 64.1 Å². The highest BCUT2D eigenvalue weighted by atomic mass is 127. The lowest BCUT2D eigenvalue weighted by Gasteiger charge is -2.42. The van der Waals surface area contributed by atoms with Gasteiger partial charge in [0.2, 0.25) is 0 Å². The Morgan fingerprint density at radius 2 is 1.46 bits per heavy atom. The Kier molecular flexibility index (Phi) is 4.67. The van der Waals surface area contributed by atoms with Gasteiger partial charge in [-0.3, -0.25) is 0 Å². The van der Waals surface area contributed by atoms with Gasteiger partial charge in [-0.25, -0.2) is 0 Å². The number of hydrogen-bond donors (Lipinski definition) is 0. The molecule has 126 valence electrons. The Bertz CT molecular complexity index is 776. The van der Waals surface area contributed by atoms with Gasteiger partial charge in [0, 0.05) is 3.57 Å². The number of benzene rings is 2. The molecular formula is C23H27I. The fourth-order valence-corrected chi connectivity index (χ4v) is 4.10. The van der Waals surface area contributed by atoms with Gasteiger partial charge in [-0.05, 0) is 93.1 Å². The summed E-state index contributed by atoms with van der Waals surface area (Å²) in [6, 6.07) is 15.8. The molecule has 1 heteroatoms. The van der Waals surface area contributed by atoms with Gasteiger partial charge in [0.1, 0.15) is 0 Å². The maximum Gasteiger partial charge on any atom is 0.0130 e. The van der Waals surface area contributed by atoms with Crippen LogP contribution in [0.15, 0.2) is 42.5 Å². The van der Waals surface area contributed by atoms with E-state index < -0.39 is 0 Å². The quantitative estimate of drug-likeness (QED) is 0.349. The van der Waals surface area contributed by atoms with Crippen LogP contribution in [0.3, 0.4) is 0 Å². The van der Waals surface area contributed by atoms with E-state index in [0.29, 0.717) is 0 Å². The van der Waals surface area contributed by atoms with Crippen LogP contribution in [0.1, 0.15) is 69.7 Å². The number of rotatable bonds is 2. The van der Waals surface area contributed by atoms with Crippen LogP contribution in [-0.2, 0) is 10.8 Å². The van der Waals surface area contributed by atoms with Crippen LogP contribution in [0.4, 0.5) is 0 Å². The summed E-state index contributed by atoms with van der Waals surface area (Å²) in [6.45, 7) is 11.7. The highest BCUT2D eigenvalue weighted by Crippen LogP contribution is 2.46. The third kappa shape index (κ3) is 3.46. The molecule has 0 unspecified atom stereocenters. The minimum atomic E-state index is 0.269. The molecule has 0 radical (unpaired) electrons. The molecule has 1 aliphatic rings. The molecule has 2 aromatic carbocycles. The topological polar surface area (TPSA) is 0 Å². The van der Waals surface area contributed by atoms with E-state index in [1.54, 1.807) is 0 Å². The van der Waals surface area contributed by atoms with E-state index in [9.17, 15) is 0 Å². The van der Waals surface area contributed by atoms with Crippen molar-refractivity contribution < 1.29 is 0 Å². The molecule has 0 aliphatic heterocycles. The molecule has 0 heterocycles. The third-order valence-electron chi connectivity index (χ3n) is 5.56. The Hall–Kier alpha value is -1.09. The third-order valence-corrected chi connectivity index (χ3v) is 6.28. The molecular weight excluding hydrogens is 403 g/mol.